The largest absolute Gasteiger partial charge is 0.495 e. The molecule has 0 aromatic heterocycles. The highest BCUT2D eigenvalue weighted by Gasteiger charge is 2.34. The summed E-state index contributed by atoms with van der Waals surface area (Å²) in [5, 5.41) is 7.34. The standard InChI is InChI=1S/C15H22N2O/c1-18-13-7-5-6-12-14(13)16-11-10-15(17-12)8-3-2-4-9-15/h5-7,16-17H,2-4,8-11H2,1H3. The number of hydrogen-bond donors (Lipinski definition) is 2. The van der Waals surface area contributed by atoms with Gasteiger partial charge in [-0.2, -0.15) is 0 Å². The quantitative estimate of drug-likeness (QED) is 0.794. The first-order valence-electron chi connectivity index (χ1n) is 7.02. The lowest BCUT2D eigenvalue weighted by atomic mass is 9.79. The first kappa shape index (κ1) is 11.7. The lowest BCUT2D eigenvalue weighted by Crippen LogP contribution is -2.40. The number of para-hydroxylation sites is 1. The Balaban J connectivity index is 1.93. The number of hydrogen-bond acceptors (Lipinski definition) is 3. The molecular formula is C15H22N2O. The van der Waals surface area contributed by atoms with Crippen LogP contribution in [0.25, 0.3) is 0 Å². The molecule has 0 unspecified atom stereocenters. The number of rotatable bonds is 1. The van der Waals surface area contributed by atoms with Crippen molar-refractivity contribution in [3.63, 3.8) is 0 Å². The zero-order valence-electron chi connectivity index (χ0n) is 11.1. The van der Waals surface area contributed by atoms with E-state index in [2.05, 4.69) is 22.8 Å². The summed E-state index contributed by atoms with van der Waals surface area (Å²) in [5.74, 6) is 0.938. The van der Waals surface area contributed by atoms with Crippen molar-refractivity contribution in [2.45, 2.75) is 44.1 Å². The summed E-state index contributed by atoms with van der Waals surface area (Å²) in [7, 11) is 1.73. The van der Waals surface area contributed by atoms with Crippen molar-refractivity contribution in [3.05, 3.63) is 18.2 Å². The Kier molecular flexibility index (Phi) is 3.06. The number of nitrogens with one attached hydrogen (secondary N) is 2. The minimum atomic E-state index is 0.308. The lowest BCUT2D eigenvalue weighted by molar-refractivity contribution is 0.313. The van der Waals surface area contributed by atoms with Crippen molar-refractivity contribution in [2.75, 3.05) is 24.3 Å². The number of ether oxygens (including phenoxy) is 1. The van der Waals surface area contributed by atoms with E-state index in [1.165, 1.54) is 44.2 Å². The van der Waals surface area contributed by atoms with Gasteiger partial charge >= 0.3 is 0 Å². The van der Waals surface area contributed by atoms with Gasteiger partial charge in [0.25, 0.3) is 0 Å². The molecule has 1 fully saturated rings. The molecule has 1 heterocycles. The molecule has 0 amide bonds. The predicted molar refractivity (Wildman–Crippen MR) is 75.5 cm³/mol. The highest BCUT2D eigenvalue weighted by Crippen LogP contribution is 2.41. The molecule has 1 aliphatic carbocycles. The first-order chi connectivity index (χ1) is 8.83. The fourth-order valence-electron chi connectivity index (χ4n) is 3.37. The van der Waals surface area contributed by atoms with Crippen molar-refractivity contribution < 1.29 is 4.74 Å². The molecule has 1 saturated carbocycles. The van der Waals surface area contributed by atoms with E-state index >= 15 is 0 Å². The average Bonchev–Trinajstić information content (AvgIpc) is 2.58. The number of anilines is 2. The van der Waals surface area contributed by atoms with Crippen LogP contribution in [0.1, 0.15) is 38.5 Å². The minimum absolute atomic E-state index is 0.308. The molecule has 1 aromatic rings. The van der Waals surface area contributed by atoms with Gasteiger partial charge in [0.05, 0.1) is 12.8 Å². The van der Waals surface area contributed by atoms with Crippen molar-refractivity contribution in [1.29, 1.82) is 0 Å². The van der Waals surface area contributed by atoms with Gasteiger partial charge in [-0.15, -0.1) is 0 Å². The summed E-state index contributed by atoms with van der Waals surface area (Å²) in [6.07, 6.45) is 7.89. The molecule has 1 aromatic carbocycles. The molecule has 0 radical (unpaired) electrons. The second-order valence-electron chi connectivity index (χ2n) is 5.53. The number of fused-ring (bicyclic) bond motifs is 1. The van der Waals surface area contributed by atoms with Gasteiger partial charge in [0, 0.05) is 12.1 Å². The summed E-state index contributed by atoms with van der Waals surface area (Å²) in [5.41, 5.74) is 2.64. The maximum atomic E-state index is 5.44. The van der Waals surface area contributed by atoms with Gasteiger partial charge in [-0.05, 0) is 31.4 Å². The van der Waals surface area contributed by atoms with Crippen molar-refractivity contribution in [2.24, 2.45) is 0 Å². The van der Waals surface area contributed by atoms with Crippen LogP contribution in [-0.2, 0) is 0 Å². The molecule has 2 aliphatic rings. The molecule has 3 nitrogen and oxygen atoms in total. The van der Waals surface area contributed by atoms with Crippen LogP contribution in [0.3, 0.4) is 0 Å². The zero-order valence-corrected chi connectivity index (χ0v) is 11.1. The molecule has 1 spiro atoms. The Morgan fingerprint density at radius 1 is 1.11 bits per heavy atom. The Labute approximate surface area is 109 Å². The van der Waals surface area contributed by atoms with Gasteiger partial charge in [-0.3, -0.25) is 0 Å². The van der Waals surface area contributed by atoms with E-state index in [-0.39, 0.29) is 0 Å². The van der Waals surface area contributed by atoms with E-state index in [1.54, 1.807) is 7.11 Å². The minimum Gasteiger partial charge on any atom is -0.495 e. The second kappa shape index (κ2) is 4.71. The third-order valence-corrected chi connectivity index (χ3v) is 4.36. The summed E-state index contributed by atoms with van der Waals surface area (Å²) >= 11 is 0. The SMILES string of the molecule is COc1cccc2c1NCCC1(CCCCC1)N2. The Morgan fingerprint density at radius 2 is 1.94 bits per heavy atom. The summed E-state index contributed by atoms with van der Waals surface area (Å²) < 4.78 is 5.44. The van der Waals surface area contributed by atoms with Gasteiger partial charge < -0.3 is 15.4 Å². The summed E-state index contributed by atoms with van der Waals surface area (Å²) in [6, 6.07) is 6.24. The predicted octanol–water partition coefficient (Wildman–Crippen LogP) is 3.63. The molecule has 18 heavy (non-hydrogen) atoms. The van der Waals surface area contributed by atoms with Crippen LogP contribution in [0.15, 0.2) is 18.2 Å². The first-order valence-corrected chi connectivity index (χ1v) is 7.02. The smallest absolute Gasteiger partial charge is 0.144 e. The van der Waals surface area contributed by atoms with Gasteiger partial charge in [0.2, 0.25) is 0 Å². The normalized spacial score (nSPS) is 21.4. The number of methoxy groups -OCH3 is 1. The van der Waals surface area contributed by atoms with Gasteiger partial charge in [-0.25, -0.2) is 0 Å². The molecule has 98 valence electrons. The van der Waals surface area contributed by atoms with Crippen molar-refractivity contribution in [3.8, 4) is 5.75 Å². The van der Waals surface area contributed by atoms with Crippen molar-refractivity contribution >= 4 is 11.4 Å². The van der Waals surface area contributed by atoms with Crippen LogP contribution >= 0.6 is 0 Å². The molecule has 0 saturated heterocycles. The zero-order chi connectivity index (χ0) is 12.4. The van der Waals surface area contributed by atoms with E-state index in [4.69, 9.17) is 4.74 Å². The molecule has 1 aliphatic heterocycles. The van der Waals surface area contributed by atoms with Crippen LogP contribution in [0, 0.1) is 0 Å². The molecule has 3 heteroatoms. The topological polar surface area (TPSA) is 33.3 Å². The van der Waals surface area contributed by atoms with Crippen LogP contribution in [0.4, 0.5) is 11.4 Å². The Hall–Kier alpha value is -1.38. The number of benzene rings is 1. The maximum Gasteiger partial charge on any atom is 0.144 e. The monoisotopic (exact) mass is 246 g/mol. The molecule has 0 bridgehead atoms. The van der Waals surface area contributed by atoms with E-state index in [0.717, 1.165) is 18.0 Å². The fraction of sp³-hybridized carbons (Fsp3) is 0.600. The van der Waals surface area contributed by atoms with Crippen LogP contribution in [0.5, 0.6) is 5.75 Å². The van der Waals surface area contributed by atoms with Gasteiger partial charge in [-0.1, -0.05) is 25.3 Å². The fourth-order valence-corrected chi connectivity index (χ4v) is 3.37. The summed E-state index contributed by atoms with van der Waals surface area (Å²) in [6.45, 7) is 1.03. The molecule has 3 rings (SSSR count). The van der Waals surface area contributed by atoms with Crippen molar-refractivity contribution in [1.82, 2.24) is 0 Å². The van der Waals surface area contributed by atoms with E-state index in [1.807, 2.05) is 6.07 Å². The Bertz CT molecular complexity index is 425. The van der Waals surface area contributed by atoms with E-state index in [0.29, 0.717) is 5.54 Å². The van der Waals surface area contributed by atoms with Crippen LogP contribution in [-0.4, -0.2) is 19.2 Å². The van der Waals surface area contributed by atoms with Crippen LogP contribution < -0.4 is 15.4 Å². The summed E-state index contributed by atoms with van der Waals surface area (Å²) in [4.78, 5) is 0. The molecule has 2 N–H and O–H groups in total. The van der Waals surface area contributed by atoms with Gasteiger partial charge in [0.1, 0.15) is 11.4 Å². The molecular weight excluding hydrogens is 224 g/mol. The third-order valence-electron chi connectivity index (χ3n) is 4.36. The second-order valence-corrected chi connectivity index (χ2v) is 5.53. The van der Waals surface area contributed by atoms with E-state index < -0.39 is 0 Å². The van der Waals surface area contributed by atoms with Crippen LogP contribution in [0.2, 0.25) is 0 Å². The third kappa shape index (κ3) is 2.02. The Morgan fingerprint density at radius 3 is 2.72 bits per heavy atom. The van der Waals surface area contributed by atoms with E-state index in [9.17, 15) is 0 Å². The highest BCUT2D eigenvalue weighted by atomic mass is 16.5. The lowest BCUT2D eigenvalue weighted by Gasteiger charge is -2.38. The average molecular weight is 246 g/mol. The van der Waals surface area contributed by atoms with Gasteiger partial charge in [0.15, 0.2) is 0 Å². The maximum absolute atomic E-state index is 5.44. The molecule has 0 atom stereocenters. The highest BCUT2D eigenvalue weighted by molar-refractivity contribution is 5.77.